The predicted octanol–water partition coefficient (Wildman–Crippen LogP) is 2.32. The summed E-state index contributed by atoms with van der Waals surface area (Å²) in [7, 11) is 0. The molecular weight excluding hydrogens is 258 g/mol. The number of anilines is 1. The fourth-order valence-electron chi connectivity index (χ4n) is 1.34. The Morgan fingerprint density at radius 3 is 2.88 bits per heavy atom. The smallest absolute Gasteiger partial charge is 0.244 e. The van der Waals surface area contributed by atoms with Crippen LogP contribution >= 0.6 is 22.9 Å². The summed E-state index contributed by atoms with van der Waals surface area (Å²) in [5.74, 6) is -0.199. The molecule has 1 amide bonds. The molecule has 0 atom stereocenters. The number of thiazole rings is 1. The minimum Gasteiger partial charge on any atom is -0.323 e. The molecule has 2 rings (SSSR count). The Morgan fingerprint density at radius 1 is 1.47 bits per heavy atom. The Balaban J connectivity index is 2.06. The fraction of sp³-hybridized carbons (Fsp3) is 0.0909. The molecule has 0 saturated heterocycles. The first kappa shape index (κ1) is 11.9. The molecule has 2 aromatic rings. The van der Waals surface area contributed by atoms with Gasteiger partial charge in [-0.25, -0.2) is 0 Å². The van der Waals surface area contributed by atoms with Crippen LogP contribution in [0, 0.1) is 5.41 Å². The van der Waals surface area contributed by atoms with Gasteiger partial charge in [-0.05, 0) is 12.1 Å². The van der Waals surface area contributed by atoms with E-state index in [1.165, 1.54) is 11.3 Å². The summed E-state index contributed by atoms with van der Waals surface area (Å²) in [6, 6.07) is 7.05. The number of benzene rings is 1. The Kier molecular flexibility index (Phi) is 3.61. The number of para-hydroxylation sites is 1. The van der Waals surface area contributed by atoms with Crippen LogP contribution in [-0.2, 0) is 11.3 Å². The number of hydrogen-bond donors (Lipinski definition) is 2. The number of nitrogens with one attached hydrogen (secondary N) is 2. The van der Waals surface area contributed by atoms with Crippen LogP contribution in [0.1, 0.15) is 0 Å². The second-order valence-electron chi connectivity index (χ2n) is 3.36. The first-order valence-electron chi connectivity index (χ1n) is 4.90. The molecule has 0 bridgehead atoms. The topological polar surface area (TPSA) is 57.9 Å². The van der Waals surface area contributed by atoms with Gasteiger partial charge >= 0.3 is 0 Å². The SMILES string of the molecule is N=c1sccn1CC(=O)Nc1ccccc1Cl. The Hall–Kier alpha value is -1.59. The van der Waals surface area contributed by atoms with Crippen molar-refractivity contribution >= 4 is 34.5 Å². The molecule has 2 N–H and O–H groups in total. The molecule has 1 heterocycles. The molecule has 0 aliphatic rings. The van der Waals surface area contributed by atoms with Crippen molar-refractivity contribution in [2.24, 2.45) is 0 Å². The number of hydrogen-bond acceptors (Lipinski definition) is 3. The van der Waals surface area contributed by atoms with E-state index in [0.717, 1.165) is 0 Å². The second kappa shape index (κ2) is 5.16. The van der Waals surface area contributed by atoms with E-state index in [4.69, 9.17) is 17.0 Å². The highest BCUT2D eigenvalue weighted by Gasteiger charge is 2.06. The highest BCUT2D eigenvalue weighted by atomic mass is 35.5. The van der Waals surface area contributed by atoms with Crippen molar-refractivity contribution < 1.29 is 4.79 Å². The third-order valence-corrected chi connectivity index (χ3v) is 3.19. The number of nitrogens with zero attached hydrogens (tertiary/aromatic N) is 1. The zero-order valence-corrected chi connectivity index (χ0v) is 10.4. The van der Waals surface area contributed by atoms with Crippen molar-refractivity contribution in [1.82, 2.24) is 4.57 Å². The van der Waals surface area contributed by atoms with Crippen molar-refractivity contribution in [3.05, 3.63) is 45.7 Å². The van der Waals surface area contributed by atoms with Gasteiger partial charge in [-0.2, -0.15) is 0 Å². The molecule has 0 aliphatic heterocycles. The van der Waals surface area contributed by atoms with Gasteiger partial charge in [0.25, 0.3) is 0 Å². The average Bonchev–Trinajstić information content (AvgIpc) is 2.68. The summed E-state index contributed by atoms with van der Waals surface area (Å²) < 4.78 is 1.57. The van der Waals surface area contributed by atoms with Crippen molar-refractivity contribution in [1.29, 1.82) is 5.41 Å². The first-order valence-corrected chi connectivity index (χ1v) is 6.15. The second-order valence-corrected chi connectivity index (χ2v) is 4.67. The van der Waals surface area contributed by atoms with Gasteiger partial charge in [-0.1, -0.05) is 23.7 Å². The van der Waals surface area contributed by atoms with Crippen molar-refractivity contribution in [3.63, 3.8) is 0 Å². The largest absolute Gasteiger partial charge is 0.323 e. The Labute approximate surface area is 107 Å². The lowest BCUT2D eigenvalue weighted by Crippen LogP contribution is -2.23. The average molecular weight is 268 g/mol. The van der Waals surface area contributed by atoms with Crippen LogP contribution in [0.2, 0.25) is 5.02 Å². The van der Waals surface area contributed by atoms with Gasteiger partial charge in [-0.3, -0.25) is 10.2 Å². The van der Waals surface area contributed by atoms with E-state index in [-0.39, 0.29) is 12.5 Å². The Morgan fingerprint density at radius 2 is 2.24 bits per heavy atom. The summed E-state index contributed by atoms with van der Waals surface area (Å²) in [4.78, 5) is 12.1. The predicted molar refractivity (Wildman–Crippen MR) is 68.2 cm³/mol. The minimum atomic E-state index is -0.199. The number of carbonyl (C=O) groups excluding carboxylic acids is 1. The van der Waals surface area contributed by atoms with E-state index >= 15 is 0 Å². The van der Waals surface area contributed by atoms with Gasteiger partial charge in [0, 0.05) is 11.6 Å². The molecule has 1 aromatic heterocycles. The normalized spacial score (nSPS) is 10.2. The van der Waals surface area contributed by atoms with Crippen LogP contribution in [0.4, 0.5) is 5.69 Å². The lowest BCUT2D eigenvalue weighted by Gasteiger charge is -2.07. The maximum atomic E-state index is 11.7. The van der Waals surface area contributed by atoms with E-state index in [1.54, 1.807) is 40.4 Å². The summed E-state index contributed by atoms with van der Waals surface area (Å²) in [6.45, 7) is 0.119. The van der Waals surface area contributed by atoms with Crippen molar-refractivity contribution in [3.8, 4) is 0 Å². The van der Waals surface area contributed by atoms with Gasteiger partial charge in [-0.15, -0.1) is 11.3 Å². The number of amides is 1. The summed E-state index contributed by atoms with van der Waals surface area (Å²) >= 11 is 7.20. The van der Waals surface area contributed by atoms with Crippen molar-refractivity contribution in [2.75, 3.05) is 5.32 Å². The van der Waals surface area contributed by atoms with E-state index in [1.807, 2.05) is 0 Å². The third kappa shape index (κ3) is 2.95. The highest BCUT2D eigenvalue weighted by Crippen LogP contribution is 2.20. The maximum Gasteiger partial charge on any atom is 0.244 e. The summed E-state index contributed by atoms with van der Waals surface area (Å²) in [5, 5.41) is 12.5. The zero-order valence-electron chi connectivity index (χ0n) is 8.81. The van der Waals surface area contributed by atoms with Crippen LogP contribution in [0.3, 0.4) is 0 Å². The van der Waals surface area contributed by atoms with Crippen LogP contribution in [0.5, 0.6) is 0 Å². The molecule has 4 nitrogen and oxygen atoms in total. The summed E-state index contributed by atoms with van der Waals surface area (Å²) in [6.07, 6.45) is 1.71. The number of halogens is 1. The molecule has 0 aliphatic carbocycles. The van der Waals surface area contributed by atoms with Crippen LogP contribution < -0.4 is 10.1 Å². The van der Waals surface area contributed by atoms with Crippen molar-refractivity contribution in [2.45, 2.75) is 6.54 Å². The molecule has 0 radical (unpaired) electrons. The molecule has 17 heavy (non-hydrogen) atoms. The summed E-state index contributed by atoms with van der Waals surface area (Å²) in [5.41, 5.74) is 0.585. The van der Waals surface area contributed by atoms with E-state index < -0.39 is 0 Å². The fourth-order valence-corrected chi connectivity index (χ4v) is 2.12. The molecule has 0 saturated carbocycles. The minimum absolute atomic E-state index is 0.119. The van der Waals surface area contributed by atoms with Gasteiger partial charge in [0.2, 0.25) is 5.91 Å². The van der Waals surface area contributed by atoms with Gasteiger partial charge in [0.15, 0.2) is 4.80 Å². The quantitative estimate of drug-likeness (QED) is 0.881. The van der Waals surface area contributed by atoms with Crippen LogP contribution in [-0.4, -0.2) is 10.5 Å². The molecule has 0 unspecified atom stereocenters. The molecule has 0 spiro atoms. The highest BCUT2D eigenvalue weighted by molar-refractivity contribution is 7.06. The maximum absolute atomic E-state index is 11.7. The van der Waals surface area contributed by atoms with Crippen LogP contribution in [0.15, 0.2) is 35.8 Å². The van der Waals surface area contributed by atoms with Gasteiger partial charge in [0.05, 0.1) is 10.7 Å². The Bertz CT molecular complexity index is 590. The number of rotatable bonds is 3. The standard InChI is InChI=1S/C11H10ClN3OS/c12-8-3-1-2-4-9(8)14-10(16)7-15-5-6-17-11(15)13/h1-6,13H,7H2,(H,14,16). The van der Waals surface area contributed by atoms with E-state index in [0.29, 0.717) is 15.5 Å². The third-order valence-electron chi connectivity index (χ3n) is 2.14. The van der Waals surface area contributed by atoms with Gasteiger partial charge < -0.3 is 9.88 Å². The van der Waals surface area contributed by atoms with Gasteiger partial charge in [0.1, 0.15) is 6.54 Å². The molecule has 6 heteroatoms. The number of carbonyl (C=O) groups is 1. The lowest BCUT2D eigenvalue weighted by atomic mass is 10.3. The lowest BCUT2D eigenvalue weighted by molar-refractivity contribution is -0.116. The molecule has 1 aromatic carbocycles. The van der Waals surface area contributed by atoms with E-state index in [2.05, 4.69) is 5.32 Å². The molecular formula is C11H10ClN3OS. The molecule has 88 valence electrons. The first-order chi connectivity index (χ1) is 8.16. The van der Waals surface area contributed by atoms with E-state index in [9.17, 15) is 4.79 Å². The number of aromatic nitrogens is 1. The zero-order chi connectivity index (χ0) is 12.3. The molecule has 0 fully saturated rings. The van der Waals surface area contributed by atoms with Crippen LogP contribution in [0.25, 0.3) is 0 Å². The monoisotopic (exact) mass is 267 g/mol.